The molecule has 184 valence electrons. The lowest BCUT2D eigenvalue weighted by molar-refractivity contribution is -0.127. The van der Waals surface area contributed by atoms with Gasteiger partial charge in [-0.3, -0.25) is 19.2 Å². The summed E-state index contributed by atoms with van der Waals surface area (Å²) in [7, 11) is 0. The predicted molar refractivity (Wildman–Crippen MR) is 136 cm³/mol. The molecule has 1 aliphatic heterocycles. The number of nitrogens with zero attached hydrogens (tertiary/aromatic N) is 3. The van der Waals surface area contributed by atoms with Crippen LogP contribution in [0.15, 0.2) is 47.1 Å². The Labute approximate surface area is 210 Å². The third-order valence-electron chi connectivity index (χ3n) is 7.27. The van der Waals surface area contributed by atoms with Gasteiger partial charge in [0.1, 0.15) is 16.9 Å². The number of hydrogen-bond acceptors (Lipinski definition) is 4. The number of hydrogen-bond donors (Lipinski definition) is 1. The Hall–Kier alpha value is -3.06. The molecule has 35 heavy (non-hydrogen) atoms. The third-order valence-corrected chi connectivity index (χ3v) is 7.50. The molecule has 1 atom stereocenters. The van der Waals surface area contributed by atoms with Gasteiger partial charge >= 0.3 is 0 Å². The number of amides is 2. The highest BCUT2D eigenvalue weighted by Crippen LogP contribution is 2.37. The number of fused-ring (bicyclic) bond motifs is 1. The van der Waals surface area contributed by atoms with Crippen LogP contribution in [0.25, 0.3) is 11.5 Å². The van der Waals surface area contributed by atoms with Crippen LogP contribution in [0, 0.1) is 6.92 Å². The SMILES string of the molecule is Cc1ccc(Cl)cc1N1C(=O)c2cc(-c3ccco3)nn2C[C@]1(C)C(=O)NC1CCCCCCC1. The molecule has 2 aliphatic rings. The molecule has 3 aromatic rings. The summed E-state index contributed by atoms with van der Waals surface area (Å²) in [4.78, 5) is 29.6. The van der Waals surface area contributed by atoms with E-state index < -0.39 is 5.54 Å². The van der Waals surface area contributed by atoms with E-state index in [0.29, 0.717) is 27.9 Å². The Bertz CT molecular complexity index is 1230. The van der Waals surface area contributed by atoms with Gasteiger partial charge in [-0.15, -0.1) is 0 Å². The first-order valence-electron chi connectivity index (χ1n) is 12.4. The quantitative estimate of drug-likeness (QED) is 0.500. The van der Waals surface area contributed by atoms with Crippen LogP contribution in [0.5, 0.6) is 0 Å². The average molecular weight is 495 g/mol. The summed E-state index contributed by atoms with van der Waals surface area (Å²) in [6, 6.07) is 10.8. The molecule has 0 bridgehead atoms. The maximum atomic E-state index is 14.0. The van der Waals surface area contributed by atoms with Crippen LogP contribution in [0.3, 0.4) is 0 Å². The topological polar surface area (TPSA) is 80.4 Å². The summed E-state index contributed by atoms with van der Waals surface area (Å²) < 4.78 is 7.14. The monoisotopic (exact) mass is 494 g/mol. The van der Waals surface area contributed by atoms with E-state index in [2.05, 4.69) is 10.4 Å². The fourth-order valence-electron chi connectivity index (χ4n) is 5.27. The highest BCUT2D eigenvalue weighted by molar-refractivity contribution is 6.31. The van der Waals surface area contributed by atoms with E-state index in [0.717, 1.165) is 31.2 Å². The van der Waals surface area contributed by atoms with Gasteiger partial charge in [0.25, 0.3) is 5.91 Å². The van der Waals surface area contributed by atoms with E-state index in [4.69, 9.17) is 16.0 Å². The zero-order chi connectivity index (χ0) is 24.6. The standard InChI is InChI=1S/C27H31ClN4O3/c1-18-12-13-19(28)15-22(18)32-25(33)23-16-21(24-11-8-14-35-24)30-31(23)17-27(32,2)26(34)29-20-9-6-4-3-5-7-10-20/h8,11-16,20H,3-7,9-10,17H2,1-2H3,(H,29,34)/t27-/m1/s1. The summed E-state index contributed by atoms with van der Waals surface area (Å²) in [6.07, 6.45) is 9.35. The van der Waals surface area contributed by atoms with Gasteiger partial charge in [-0.05, 0) is 56.5 Å². The maximum Gasteiger partial charge on any atom is 0.277 e. The zero-order valence-electron chi connectivity index (χ0n) is 20.2. The van der Waals surface area contributed by atoms with Gasteiger partial charge in [-0.1, -0.05) is 49.8 Å². The highest BCUT2D eigenvalue weighted by Gasteiger charge is 2.49. The fourth-order valence-corrected chi connectivity index (χ4v) is 5.43. The van der Waals surface area contributed by atoms with Crippen molar-refractivity contribution < 1.29 is 14.0 Å². The van der Waals surface area contributed by atoms with Crippen LogP contribution in [-0.4, -0.2) is 33.2 Å². The number of carbonyl (C=O) groups excluding carboxylic acids is 2. The molecule has 5 rings (SSSR count). The number of rotatable bonds is 4. The van der Waals surface area contributed by atoms with Crippen molar-refractivity contribution in [1.82, 2.24) is 15.1 Å². The lowest BCUT2D eigenvalue weighted by Gasteiger charge is -2.44. The Morgan fingerprint density at radius 2 is 1.89 bits per heavy atom. The number of aromatic nitrogens is 2. The van der Waals surface area contributed by atoms with Gasteiger partial charge in [0.2, 0.25) is 5.91 Å². The van der Waals surface area contributed by atoms with Crippen LogP contribution in [-0.2, 0) is 11.3 Å². The van der Waals surface area contributed by atoms with Gasteiger partial charge in [-0.2, -0.15) is 5.10 Å². The first-order valence-corrected chi connectivity index (χ1v) is 12.8. The minimum Gasteiger partial charge on any atom is -0.463 e. The van der Waals surface area contributed by atoms with E-state index in [1.54, 1.807) is 46.2 Å². The van der Waals surface area contributed by atoms with Gasteiger partial charge in [0.15, 0.2) is 5.76 Å². The minimum absolute atomic E-state index is 0.106. The molecule has 1 aliphatic carbocycles. The molecule has 3 heterocycles. The Morgan fingerprint density at radius 3 is 2.60 bits per heavy atom. The van der Waals surface area contributed by atoms with Gasteiger partial charge in [0.05, 0.1) is 12.8 Å². The van der Waals surface area contributed by atoms with Crippen LogP contribution >= 0.6 is 11.6 Å². The second-order valence-electron chi connectivity index (χ2n) is 9.91. The van der Waals surface area contributed by atoms with Crippen molar-refractivity contribution in [2.75, 3.05) is 4.90 Å². The van der Waals surface area contributed by atoms with Crippen molar-refractivity contribution in [1.29, 1.82) is 0 Å². The summed E-state index contributed by atoms with van der Waals surface area (Å²) in [6.45, 7) is 3.96. The van der Waals surface area contributed by atoms with E-state index in [1.807, 2.05) is 19.9 Å². The molecule has 1 aromatic carbocycles. The van der Waals surface area contributed by atoms with Crippen LogP contribution in [0.4, 0.5) is 5.69 Å². The normalized spacial score (nSPS) is 21.3. The second-order valence-corrected chi connectivity index (χ2v) is 10.3. The average Bonchev–Trinajstić information content (AvgIpc) is 3.48. The fraction of sp³-hybridized carbons (Fsp3) is 0.444. The molecular weight excluding hydrogens is 464 g/mol. The van der Waals surface area contributed by atoms with Crippen molar-refractivity contribution in [3.63, 3.8) is 0 Å². The van der Waals surface area contributed by atoms with Crippen molar-refractivity contribution in [2.24, 2.45) is 0 Å². The third kappa shape index (κ3) is 4.49. The number of nitrogens with one attached hydrogen (secondary N) is 1. The molecule has 8 heteroatoms. The van der Waals surface area contributed by atoms with Gasteiger partial charge in [0, 0.05) is 22.8 Å². The summed E-state index contributed by atoms with van der Waals surface area (Å²) in [5.74, 6) is 0.115. The van der Waals surface area contributed by atoms with E-state index >= 15 is 0 Å². The number of halogens is 1. The smallest absolute Gasteiger partial charge is 0.277 e. The molecule has 2 aromatic heterocycles. The van der Waals surface area contributed by atoms with Gasteiger partial charge in [-0.25, -0.2) is 0 Å². The van der Waals surface area contributed by atoms with E-state index in [-0.39, 0.29) is 24.4 Å². The zero-order valence-corrected chi connectivity index (χ0v) is 21.0. The van der Waals surface area contributed by atoms with Crippen LogP contribution < -0.4 is 10.2 Å². The summed E-state index contributed by atoms with van der Waals surface area (Å²) in [5.41, 5.74) is 1.28. The van der Waals surface area contributed by atoms with Crippen LogP contribution in [0.1, 0.15) is 67.9 Å². The maximum absolute atomic E-state index is 14.0. The molecule has 1 N–H and O–H groups in total. The Morgan fingerprint density at radius 1 is 1.14 bits per heavy atom. The second kappa shape index (κ2) is 9.53. The lowest BCUT2D eigenvalue weighted by atomic mass is 9.91. The first kappa shape index (κ1) is 23.7. The molecule has 0 saturated heterocycles. The van der Waals surface area contributed by atoms with Crippen molar-refractivity contribution in [3.05, 3.63) is 58.9 Å². The molecule has 0 unspecified atom stereocenters. The van der Waals surface area contributed by atoms with Crippen molar-refractivity contribution >= 4 is 29.1 Å². The van der Waals surface area contributed by atoms with Crippen molar-refractivity contribution in [3.8, 4) is 11.5 Å². The molecule has 0 radical (unpaired) electrons. The number of furan rings is 1. The first-order chi connectivity index (χ1) is 16.9. The molecular formula is C27H31ClN4O3. The van der Waals surface area contributed by atoms with E-state index in [9.17, 15) is 9.59 Å². The number of benzene rings is 1. The van der Waals surface area contributed by atoms with Gasteiger partial charge < -0.3 is 9.73 Å². The molecule has 1 fully saturated rings. The van der Waals surface area contributed by atoms with E-state index in [1.165, 1.54) is 19.3 Å². The predicted octanol–water partition coefficient (Wildman–Crippen LogP) is 5.75. The Kier molecular flexibility index (Phi) is 6.45. The molecule has 2 amide bonds. The number of aryl methyl sites for hydroxylation is 1. The largest absolute Gasteiger partial charge is 0.463 e. The summed E-state index contributed by atoms with van der Waals surface area (Å²) in [5, 5.41) is 8.43. The van der Waals surface area contributed by atoms with Crippen molar-refractivity contribution in [2.45, 2.75) is 76.9 Å². The Balaban J connectivity index is 1.55. The van der Waals surface area contributed by atoms with Crippen LogP contribution in [0.2, 0.25) is 5.02 Å². The number of anilines is 1. The summed E-state index contributed by atoms with van der Waals surface area (Å²) >= 11 is 6.35. The molecule has 0 spiro atoms. The lowest BCUT2D eigenvalue weighted by Crippen LogP contribution is -2.65. The molecule has 7 nitrogen and oxygen atoms in total. The highest BCUT2D eigenvalue weighted by atomic mass is 35.5. The molecule has 1 saturated carbocycles. The minimum atomic E-state index is -1.19. The number of carbonyl (C=O) groups is 2.